The zero-order valence-corrected chi connectivity index (χ0v) is 12.0. The number of rotatable bonds is 5. The van der Waals surface area contributed by atoms with Gasteiger partial charge in [0, 0.05) is 19.0 Å². The first kappa shape index (κ1) is 13.3. The van der Waals surface area contributed by atoms with Gasteiger partial charge >= 0.3 is 0 Å². The van der Waals surface area contributed by atoms with Crippen LogP contribution in [0.3, 0.4) is 0 Å². The van der Waals surface area contributed by atoms with Crippen molar-refractivity contribution in [2.45, 2.75) is 18.9 Å². The highest BCUT2D eigenvalue weighted by atomic mass is 32.1. The van der Waals surface area contributed by atoms with Gasteiger partial charge in [-0.3, -0.25) is 4.79 Å². The minimum atomic E-state index is -0.424. The molecule has 106 valence electrons. The van der Waals surface area contributed by atoms with Gasteiger partial charge in [-0.2, -0.15) is 0 Å². The summed E-state index contributed by atoms with van der Waals surface area (Å²) in [6.07, 6.45) is 3.27. The molecule has 0 bridgehead atoms. The lowest BCUT2D eigenvalue weighted by atomic mass is 10.2. The molecule has 1 fully saturated rings. The van der Waals surface area contributed by atoms with Gasteiger partial charge in [0.05, 0.1) is 12.4 Å². The van der Waals surface area contributed by atoms with Crippen molar-refractivity contribution in [1.82, 2.24) is 9.88 Å². The predicted molar refractivity (Wildman–Crippen MR) is 75.5 cm³/mol. The third-order valence-corrected chi connectivity index (χ3v) is 4.29. The Morgan fingerprint density at radius 3 is 3.10 bits per heavy atom. The van der Waals surface area contributed by atoms with Crippen molar-refractivity contribution < 1.29 is 14.3 Å². The van der Waals surface area contributed by atoms with Gasteiger partial charge in [0.2, 0.25) is 0 Å². The summed E-state index contributed by atoms with van der Waals surface area (Å²) in [4.78, 5) is 18.1. The van der Waals surface area contributed by atoms with Crippen molar-refractivity contribution in [2.75, 3.05) is 13.6 Å². The number of hydrogen-bond donors (Lipinski definition) is 1. The summed E-state index contributed by atoms with van der Waals surface area (Å²) in [5.41, 5.74) is 0.395. The molecule has 3 rings (SSSR count). The van der Waals surface area contributed by atoms with Crippen molar-refractivity contribution in [3.8, 4) is 10.8 Å². The molecule has 0 aromatic carbocycles. The number of aliphatic hydroxyl groups is 1. The van der Waals surface area contributed by atoms with Crippen LogP contribution < -0.4 is 0 Å². The fraction of sp³-hybridized carbons (Fsp3) is 0.429. The Balaban J connectivity index is 1.67. The van der Waals surface area contributed by atoms with Gasteiger partial charge in [-0.25, -0.2) is 4.98 Å². The minimum absolute atomic E-state index is 0.168. The van der Waals surface area contributed by atoms with Crippen LogP contribution in [0.15, 0.2) is 28.2 Å². The maximum absolute atomic E-state index is 12.2. The number of carbonyl (C=O) groups excluding carboxylic acids is 1. The minimum Gasteiger partial charge on any atom is -0.462 e. The maximum Gasteiger partial charge on any atom is 0.273 e. The largest absolute Gasteiger partial charge is 0.462 e. The summed E-state index contributed by atoms with van der Waals surface area (Å²) in [6, 6.07) is 3.60. The number of furan rings is 1. The average molecular weight is 292 g/mol. The number of nitrogens with zero attached hydrogens (tertiary/aromatic N) is 2. The second kappa shape index (κ2) is 5.38. The molecule has 0 saturated heterocycles. The van der Waals surface area contributed by atoms with E-state index in [0.29, 0.717) is 28.9 Å². The van der Waals surface area contributed by atoms with Gasteiger partial charge < -0.3 is 14.4 Å². The summed E-state index contributed by atoms with van der Waals surface area (Å²) in [5, 5.41) is 12.3. The first-order chi connectivity index (χ1) is 9.65. The standard InChI is InChI=1S/C14H16N2O3S/c1-16(7-11(17)9-4-5-9)14(18)10-8-20-13(15-10)12-3-2-6-19-12/h2-3,6,8-9,11,17H,4-5,7H2,1H3. The second-order valence-corrected chi connectivity index (χ2v) is 5.96. The van der Waals surface area contributed by atoms with E-state index < -0.39 is 6.10 Å². The first-order valence-electron chi connectivity index (χ1n) is 6.58. The molecule has 1 unspecified atom stereocenters. The van der Waals surface area contributed by atoms with Crippen LogP contribution in [-0.4, -0.2) is 40.6 Å². The van der Waals surface area contributed by atoms with Crippen LogP contribution in [0.5, 0.6) is 0 Å². The number of hydrogen-bond acceptors (Lipinski definition) is 5. The number of carbonyl (C=O) groups is 1. The van der Waals surface area contributed by atoms with E-state index in [9.17, 15) is 9.90 Å². The molecular weight excluding hydrogens is 276 g/mol. The van der Waals surface area contributed by atoms with Crippen molar-refractivity contribution >= 4 is 17.2 Å². The van der Waals surface area contributed by atoms with Crippen LogP contribution in [0.4, 0.5) is 0 Å². The van der Waals surface area contributed by atoms with Crippen LogP contribution in [0.25, 0.3) is 10.8 Å². The van der Waals surface area contributed by atoms with Gasteiger partial charge in [-0.1, -0.05) is 0 Å². The molecule has 20 heavy (non-hydrogen) atoms. The van der Waals surface area contributed by atoms with E-state index in [1.807, 2.05) is 6.07 Å². The van der Waals surface area contributed by atoms with E-state index in [1.54, 1.807) is 24.8 Å². The SMILES string of the molecule is CN(CC(O)C1CC1)C(=O)c1csc(-c2ccco2)n1. The molecule has 5 nitrogen and oxygen atoms in total. The van der Waals surface area contributed by atoms with E-state index >= 15 is 0 Å². The Morgan fingerprint density at radius 1 is 1.65 bits per heavy atom. The molecule has 0 spiro atoms. The molecule has 2 heterocycles. The van der Waals surface area contributed by atoms with Crippen molar-refractivity contribution in [3.63, 3.8) is 0 Å². The highest BCUT2D eigenvalue weighted by Crippen LogP contribution is 2.33. The van der Waals surface area contributed by atoms with Gasteiger partial charge in [0.1, 0.15) is 5.69 Å². The number of likely N-dealkylation sites (N-methyl/N-ethyl adjacent to an activating group) is 1. The number of aromatic nitrogens is 1. The summed E-state index contributed by atoms with van der Waals surface area (Å²) >= 11 is 1.38. The molecule has 1 aliphatic rings. The van der Waals surface area contributed by atoms with Crippen LogP contribution in [0, 0.1) is 5.92 Å². The van der Waals surface area contributed by atoms with Crippen molar-refractivity contribution in [2.24, 2.45) is 5.92 Å². The Morgan fingerprint density at radius 2 is 2.45 bits per heavy atom. The molecule has 0 radical (unpaired) electrons. The maximum atomic E-state index is 12.2. The summed E-state index contributed by atoms with van der Waals surface area (Å²) in [6.45, 7) is 0.358. The quantitative estimate of drug-likeness (QED) is 0.918. The van der Waals surface area contributed by atoms with Crippen LogP contribution in [0.2, 0.25) is 0 Å². The molecular formula is C14H16N2O3S. The molecule has 0 aliphatic heterocycles. The Kier molecular flexibility index (Phi) is 3.58. The molecule has 2 aromatic heterocycles. The Hall–Kier alpha value is -1.66. The fourth-order valence-electron chi connectivity index (χ4n) is 2.07. The van der Waals surface area contributed by atoms with E-state index in [0.717, 1.165) is 12.8 Å². The Labute approximate surface area is 120 Å². The van der Waals surface area contributed by atoms with Gasteiger partial charge in [-0.15, -0.1) is 11.3 Å². The lowest BCUT2D eigenvalue weighted by Gasteiger charge is -2.19. The molecule has 1 aliphatic carbocycles. The topological polar surface area (TPSA) is 66.6 Å². The van der Waals surface area contributed by atoms with Crippen molar-refractivity contribution in [1.29, 1.82) is 0 Å². The zero-order chi connectivity index (χ0) is 14.1. The molecule has 1 amide bonds. The molecule has 6 heteroatoms. The first-order valence-corrected chi connectivity index (χ1v) is 7.46. The van der Waals surface area contributed by atoms with E-state index in [-0.39, 0.29) is 5.91 Å². The van der Waals surface area contributed by atoms with E-state index in [2.05, 4.69) is 4.98 Å². The molecule has 2 aromatic rings. The third kappa shape index (κ3) is 2.76. The molecule has 1 saturated carbocycles. The van der Waals surface area contributed by atoms with Crippen LogP contribution >= 0.6 is 11.3 Å². The number of amides is 1. The molecule has 1 N–H and O–H groups in total. The lowest BCUT2D eigenvalue weighted by Crippen LogP contribution is -2.35. The van der Waals surface area contributed by atoms with Gasteiger partial charge in [0.25, 0.3) is 5.91 Å². The van der Waals surface area contributed by atoms with Crippen molar-refractivity contribution in [3.05, 3.63) is 29.5 Å². The summed E-state index contributed by atoms with van der Waals surface area (Å²) in [7, 11) is 1.69. The second-order valence-electron chi connectivity index (χ2n) is 5.11. The van der Waals surface area contributed by atoms with Crippen LogP contribution in [-0.2, 0) is 0 Å². The zero-order valence-electron chi connectivity index (χ0n) is 11.2. The lowest BCUT2D eigenvalue weighted by molar-refractivity contribution is 0.0641. The monoisotopic (exact) mass is 292 g/mol. The van der Waals surface area contributed by atoms with Gasteiger partial charge in [0.15, 0.2) is 10.8 Å². The highest BCUT2D eigenvalue weighted by molar-refractivity contribution is 7.13. The smallest absolute Gasteiger partial charge is 0.273 e. The highest BCUT2D eigenvalue weighted by Gasteiger charge is 2.31. The van der Waals surface area contributed by atoms with Crippen LogP contribution in [0.1, 0.15) is 23.3 Å². The van der Waals surface area contributed by atoms with E-state index in [1.165, 1.54) is 16.2 Å². The Bertz CT molecular complexity index is 589. The number of thiazole rings is 1. The summed E-state index contributed by atoms with van der Waals surface area (Å²) < 4.78 is 5.26. The van der Waals surface area contributed by atoms with Gasteiger partial charge in [-0.05, 0) is 30.9 Å². The average Bonchev–Trinajstić information content (AvgIpc) is 2.95. The van der Waals surface area contributed by atoms with E-state index in [4.69, 9.17) is 4.42 Å². The summed E-state index contributed by atoms with van der Waals surface area (Å²) in [5.74, 6) is 0.854. The third-order valence-electron chi connectivity index (χ3n) is 3.43. The fourth-order valence-corrected chi connectivity index (χ4v) is 2.83. The predicted octanol–water partition coefficient (Wildman–Crippen LogP) is 2.25. The molecule has 1 atom stereocenters. The number of aliphatic hydroxyl groups excluding tert-OH is 1. The normalized spacial score (nSPS) is 16.1.